The van der Waals surface area contributed by atoms with E-state index in [0.29, 0.717) is 0 Å². The molecule has 0 aliphatic rings. The molecule has 0 spiro atoms. The van der Waals surface area contributed by atoms with Crippen molar-refractivity contribution in [2.24, 2.45) is 0 Å². The molecule has 2 aromatic rings. The summed E-state index contributed by atoms with van der Waals surface area (Å²) in [5, 5.41) is 1.20. The van der Waals surface area contributed by atoms with Crippen molar-refractivity contribution < 1.29 is 9.59 Å². The zero-order chi connectivity index (χ0) is 14.2. The van der Waals surface area contributed by atoms with E-state index in [1.165, 1.54) is 5.39 Å². The standard InChI is InChI=1S/C9H7N.C2H2O2.2C2H4/c1-2-6-9-8(4-1)5-3-7-10-9;3-1-2-4;2*1-2/h1-7H;1-2H;2*1-2H2. The summed E-state index contributed by atoms with van der Waals surface area (Å²) in [6, 6.07) is 12.1. The molecule has 0 amide bonds. The molecule has 1 aromatic carbocycles. The minimum absolute atomic E-state index is 0.194. The van der Waals surface area contributed by atoms with E-state index in [1.807, 2.05) is 30.5 Å². The van der Waals surface area contributed by atoms with E-state index in [1.54, 1.807) is 0 Å². The predicted molar refractivity (Wildman–Crippen MR) is 76.4 cm³/mol. The molecule has 0 N–H and O–H groups in total. The maximum atomic E-state index is 8.81. The topological polar surface area (TPSA) is 47.0 Å². The first kappa shape index (κ1) is 17.8. The normalized spacial score (nSPS) is 7.11. The Labute approximate surface area is 107 Å². The molecule has 0 saturated heterocycles. The number of carbonyl (C=O) groups is 2. The molecule has 0 bridgehead atoms. The molecular formula is C15H17NO2. The highest BCUT2D eigenvalue weighted by Crippen LogP contribution is 2.07. The molecule has 0 atom stereocenters. The largest absolute Gasteiger partial charge is 0.295 e. The van der Waals surface area contributed by atoms with Gasteiger partial charge in [0.05, 0.1) is 5.52 Å². The Balaban J connectivity index is 0. The highest BCUT2D eigenvalue weighted by atomic mass is 16.2. The maximum absolute atomic E-state index is 8.81. The number of nitrogens with zero attached hydrogens (tertiary/aromatic N) is 1. The number of carbonyl (C=O) groups excluding carboxylic acids is 2. The highest BCUT2D eigenvalue weighted by molar-refractivity contribution is 6.09. The lowest BCUT2D eigenvalue weighted by molar-refractivity contribution is -0.122. The van der Waals surface area contributed by atoms with E-state index in [2.05, 4.69) is 43.4 Å². The Hall–Kier alpha value is -2.55. The minimum Gasteiger partial charge on any atom is -0.295 e. The molecule has 94 valence electrons. The van der Waals surface area contributed by atoms with Crippen LogP contribution in [0.4, 0.5) is 0 Å². The molecule has 3 nitrogen and oxygen atoms in total. The lowest BCUT2D eigenvalue weighted by atomic mass is 10.2. The first-order valence-electron chi connectivity index (χ1n) is 5.07. The van der Waals surface area contributed by atoms with Gasteiger partial charge in [-0.1, -0.05) is 24.3 Å². The second-order valence-electron chi connectivity index (χ2n) is 2.47. The maximum Gasteiger partial charge on any atom is 0.182 e. The third-order valence-electron chi connectivity index (χ3n) is 1.57. The number of fused-ring (bicyclic) bond motifs is 1. The van der Waals surface area contributed by atoms with Crippen molar-refractivity contribution in [2.45, 2.75) is 0 Å². The van der Waals surface area contributed by atoms with Gasteiger partial charge in [0, 0.05) is 11.6 Å². The van der Waals surface area contributed by atoms with Crippen LogP contribution in [-0.4, -0.2) is 17.6 Å². The van der Waals surface area contributed by atoms with Crippen LogP contribution in [0.1, 0.15) is 0 Å². The van der Waals surface area contributed by atoms with Gasteiger partial charge in [-0.25, -0.2) is 0 Å². The number of rotatable bonds is 1. The monoisotopic (exact) mass is 243 g/mol. The van der Waals surface area contributed by atoms with Crippen LogP contribution in [0.2, 0.25) is 0 Å². The van der Waals surface area contributed by atoms with E-state index in [0.717, 1.165) is 5.52 Å². The summed E-state index contributed by atoms with van der Waals surface area (Å²) in [7, 11) is 0. The van der Waals surface area contributed by atoms with E-state index in [4.69, 9.17) is 9.59 Å². The minimum atomic E-state index is 0.194. The molecule has 0 radical (unpaired) electrons. The van der Waals surface area contributed by atoms with Gasteiger partial charge < -0.3 is 0 Å². The van der Waals surface area contributed by atoms with Crippen LogP contribution in [0.3, 0.4) is 0 Å². The van der Waals surface area contributed by atoms with Gasteiger partial charge in [-0.3, -0.25) is 14.6 Å². The van der Waals surface area contributed by atoms with Gasteiger partial charge in [0.15, 0.2) is 12.6 Å². The predicted octanol–water partition coefficient (Wildman–Crippen LogP) is 3.22. The average molecular weight is 243 g/mol. The quantitative estimate of drug-likeness (QED) is 0.439. The van der Waals surface area contributed by atoms with Crippen LogP contribution in [0.5, 0.6) is 0 Å². The molecule has 2 rings (SSSR count). The van der Waals surface area contributed by atoms with Crippen LogP contribution in [0, 0.1) is 0 Å². The van der Waals surface area contributed by atoms with Gasteiger partial charge in [0.1, 0.15) is 0 Å². The Kier molecular flexibility index (Phi) is 14.3. The fourth-order valence-corrected chi connectivity index (χ4v) is 1.02. The second-order valence-corrected chi connectivity index (χ2v) is 2.47. The van der Waals surface area contributed by atoms with Crippen LogP contribution in [-0.2, 0) is 9.59 Å². The fraction of sp³-hybridized carbons (Fsp3) is 0. The molecule has 0 saturated carbocycles. The lowest BCUT2D eigenvalue weighted by Gasteiger charge is -1.91. The van der Waals surface area contributed by atoms with E-state index < -0.39 is 0 Å². The van der Waals surface area contributed by atoms with Crippen LogP contribution >= 0.6 is 0 Å². The molecule has 3 heteroatoms. The smallest absolute Gasteiger partial charge is 0.182 e. The Morgan fingerprint density at radius 3 is 1.83 bits per heavy atom. The summed E-state index contributed by atoms with van der Waals surface area (Å²) in [4.78, 5) is 21.8. The van der Waals surface area contributed by atoms with E-state index in [9.17, 15) is 0 Å². The molecular weight excluding hydrogens is 226 g/mol. The number of hydrogen-bond donors (Lipinski definition) is 0. The summed E-state index contributed by atoms with van der Waals surface area (Å²) < 4.78 is 0. The number of benzene rings is 1. The van der Waals surface area contributed by atoms with Gasteiger partial charge in [-0.05, 0) is 12.1 Å². The van der Waals surface area contributed by atoms with Gasteiger partial charge in [-0.2, -0.15) is 0 Å². The summed E-state index contributed by atoms with van der Waals surface area (Å²) in [5.41, 5.74) is 1.06. The number of aldehydes is 2. The SMILES string of the molecule is C=C.C=C.O=CC=O.c1ccc2ncccc2c1. The van der Waals surface area contributed by atoms with Crippen molar-refractivity contribution >= 4 is 23.5 Å². The molecule has 0 unspecified atom stereocenters. The van der Waals surface area contributed by atoms with E-state index >= 15 is 0 Å². The average Bonchev–Trinajstić information content (AvgIpc) is 2.51. The third-order valence-corrected chi connectivity index (χ3v) is 1.57. The zero-order valence-electron chi connectivity index (χ0n) is 10.3. The van der Waals surface area contributed by atoms with Gasteiger partial charge in [-0.15, -0.1) is 26.3 Å². The summed E-state index contributed by atoms with van der Waals surface area (Å²) in [5.74, 6) is 0. The highest BCUT2D eigenvalue weighted by Gasteiger charge is 1.86. The molecule has 18 heavy (non-hydrogen) atoms. The fourth-order valence-electron chi connectivity index (χ4n) is 1.02. The Bertz CT molecular complexity index is 381. The van der Waals surface area contributed by atoms with Crippen molar-refractivity contribution in [2.75, 3.05) is 0 Å². The Morgan fingerprint density at radius 2 is 1.33 bits per heavy atom. The van der Waals surface area contributed by atoms with Crippen LogP contribution in [0.15, 0.2) is 68.9 Å². The number of aromatic nitrogens is 1. The zero-order valence-corrected chi connectivity index (χ0v) is 10.3. The van der Waals surface area contributed by atoms with E-state index in [-0.39, 0.29) is 12.6 Å². The first-order chi connectivity index (χ1) is 8.88. The van der Waals surface area contributed by atoms with Crippen LogP contribution in [0.25, 0.3) is 10.9 Å². The number of pyridine rings is 1. The molecule has 1 heterocycles. The van der Waals surface area contributed by atoms with Gasteiger partial charge in [0.25, 0.3) is 0 Å². The van der Waals surface area contributed by atoms with Crippen molar-refractivity contribution in [3.63, 3.8) is 0 Å². The number of hydrogen-bond acceptors (Lipinski definition) is 3. The molecule has 0 aliphatic heterocycles. The van der Waals surface area contributed by atoms with Crippen molar-refractivity contribution in [3.8, 4) is 0 Å². The van der Waals surface area contributed by atoms with Gasteiger partial charge >= 0.3 is 0 Å². The lowest BCUT2D eigenvalue weighted by Crippen LogP contribution is -1.73. The summed E-state index contributed by atoms with van der Waals surface area (Å²) in [6.07, 6.45) is 2.20. The van der Waals surface area contributed by atoms with Gasteiger partial charge in [0.2, 0.25) is 0 Å². The van der Waals surface area contributed by atoms with Crippen molar-refractivity contribution in [3.05, 3.63) is 68.9 Å². The molecule has 1 aromatic heterocycles. The van der Waals surface area contributed by atoms with Crippen LogP contribution < -0.4 is 0 Å². The second kappa shape index (κ2) is 14.5. The first-order valence-corrected chi connectivity index (χ1v) is 5.07. The third kappa shape index (κ3) is 7.70. The van der Waals surface area contributed by atoms with Crippen molar-refractivity contribution in [1.29, 1.82) is 0 Å². The Morgan fingerprint density at radius 1 is 0.833 bits per heavy atom. The molecule has 0 fully saturated rings. The summed E-state index contributed by atoms with van der Waals surface area (Å²) in [6.45, 7) is 12.0. The number of para-hydroxylation sites is 1. The molecule has 0 aliphatic carbocycles. The van der Waals surface area contributed by atoms with Crippen molar-refractivity contribution in [1.82, 2.24) is 4.98 Å². The summed E-state index contributed by atoms with van der Waals surface area (Å²) >= 11 is 0.